The normalized spacial score (nSPS) is 11.4. The topological polar surface area (TPSA) is 94.3 Å². The summed E-state index contributed by atoms with van der Waals surface area (Å²) in [5, 5.41) is 13.5. The fraction of sp³-hybridized carbons (Fsp3) is 0.105. The molecule has 4 rings (SSSR count). The number of aromatic nitrogens is 4. The Kier molecular flexibility index (Phi) is 4.74. The molecule has 8 nitrogen and oxygen atoms in total. The molecular formula is C19H15BrN6O2. The molecule has 0 saturated heterocycles. The number of carbonyl (C=O) groups excluding carboxylic acids is 1. The minimum atomic E-state index is -0.378. The number of hydrogen-bond acceptors (Lipinski definition) is 7. The van der Waals surface area contributed by atoms with Crippen molar-refractivity contribution in [3.8, 4) is 0 Å². The van der Waals surface area contributed by atoms with E-state index in [1.54, 1.807) is 30.5 Å². The molecular weight excluding hydrogens is 424 g/mol. The summed E-state index contributed by atoms with van der Waals surface area (Å²) >= 11 is 3.48. The third-order valence-corrected chi connectivity index (χ3v) is 4.76. The van der Waals surface area contributed by atoms with Gasteiger partial charge in [-0.3, -0.25) is 0 Å². The van der Waals surface area contributed by atoms with Crippen LogP contribution < -0.4 is 5.43 Å². The number of anilines is 1. The first-order chi connectivity index (χ1) is 13.6. The molecule has 9 heteroatoms. The molecule has 4 aromatic rings. The molecule has 2 heterocycles. The average Bonchev–Trinajstić information content (AvgIpc) is 2.99. The smallest absolute Gasteiger partial charge is 0.337 e. The third-order valence-electron chi connectivity index (χ3n) is 4.27. The van der Waals surface area contributed by atoms with Crippen LogP contribution in [0.3, 0.4) is 0 Å². The Labute approximate surface area is 168 Å². The van der Waals surface area contributed by atoms with Crippen molar-refractivity contribution in [2.75, 3.05) is 12.5 Å². The first-order valence-electron chi connectivity index (χ1n) is 8.32. The Bertz CT molecular complexity index is 1220. The van der Waals surface area contributed by atoms with Gasteiger partial charge in [-0.25, -0.2) is 10.2 Å². The van der Waals surface area contributed by atoms with Gasteiger partial charge in [-0.15, -0.1) is 10.2 Å². The molecule has 140 valence electrons. The number of methoxy groups -OCH3 is 1. The SMILES string of the molecule is COC(=O)c1ccc(/C=N/Nc2nnc3c4cc(Br)ccc4n(C)c3n2)cc1. The van der Waals surface area contributed by atoms with Crippen molar-refractivity contribution in [3.63, 3.8) is 0 Å². The van der Waals surface area contributed by atoms with E-state index in [-0.39, 0.29) is 5.97 Å². The lowest BCUT2D eigenvalue weighted by Crippen LogP contribution is -2.02. The second kappa shape index (κ2) is 7.35. The summed E-state index contributed by atoms with van der Waals surface area (Å²) in [6.07, 6.45) is 1.60. The largest absolute Gasteiger partial charge is 0.465 e. The predicted molar refractivity (Wildman–Crippen MR) is 111 cm³/mol. The number of halogens is 1. The minimum absolute atomic E-state index is 0.292. The molecule has 0 spiro atoms. The fourth-order valence-electron chi connectivity index (χ4n) is 2.87. The number of aryl methyl sites for hydroxylation is 1. The Balaban J connectivity index is 1.56. The van der Waals surface area contributed by atoms with E-state index in [1.165, 1.54) is 7.11 Å². The van der Waals surface area contributed by atoms with Crippen molar-refractivity contribution < 1.29 is 9.53 Å². The molecule has 0 atom stereocenters. The highest BCUT2D eigenvalue weighted by Gasteiger charge is 2.12. The molecule has 2 aromatic carbocycles. The van der Waals surface area contributed by atoms with Gasteiger partial charge in [0.2, 0.25) is 0 Å². The zero-order valence-electron chi connectivity index (χ0n) is 15.0. The Hall–Kier alpha value is -3.33. The minimum Gasteiger partial charge on any atom is -0.465 e. The summed E-state index contributed by atoms with van der Waals surface area (Å²) in [6.45, 7) is 0. The number of benzene rings is 2. The second-order valence-electron chi connectivity index (χ2n) is 6.01. The van der Waals surface area contributed by atoms with E-state index < -0.39 is 0 Å². The van der Waals surface area contributed by atoms with Crippen molar-refractivity contribution in [2.45, 2.75) is 0 Å². The van der Waals surface area contributed by atoms with Gasteiger partial charge >= 0.3 is 5.97 Å². The lowest BCUT2D eigenvalue weighted by molar-refractivity contribution is 0.0600. The van der Waals surface area contributed by atoms with E-state index in [4.69, 9.17) is 0 Å². The van der Waals surface area contributed by atoms with Crippen LogP contribution in [0, 0.1) is 0 Å². The molecule has 0 unspecified atom stereocenters. The van der Waals surface area contributed by atoms with Gasteiger partial charge < -0.3 is 9.30 Å². The summed E-state index contributed by atoms with van der Waals surface area (Å²) in [6, 6.07) is 12.9. The lowest BCUT2D eigenvalue weighted by atomic mass is 10.1. The monoisotopic (exact) mass is 438 g/mol. The second-order valence-corrected chi connectivity index (χ2v) is 6.93. The summed E-state index contributed by atoms with van der Waals surface area (Å²) in [4.78, 5) is 16.0. The Morgan fingerprint density at radius 3 is 2.75 bits per heavy atom. The average molecular weight is 439 g/mol. The molecule has 0 aliphatic carbocycles. The first kappa shape index (κ1) is 18.1. The molecule has 0 aliphatic heterocycles. The van der Waals surface area contributed by atoms with Gasteiger partial charge in [0.25, 0.3) is 5.95 Å². The number of esters is 1. The number of nitrogens with zero attached hydrogens (tertiary/aromatic N) is 5. The van der Waals surface area contributed by atoms with Crippen LogP contribution in [0.2, 0.25) is 0 Å². The number of nitrogens with one attached hydrogen (secondary N) is 1. The van der Waals surface area contributed by atoms with E-state index in [2.05, 4.69) is 46.4 Å². The highest BCUT2D eigenvalue weighted by Crippen LogP contribution is 2.27. The molecule has 0 fully saturated rings. The van der Waals surface area contributed by atoms with E-state index >= 15 is 0 Å². The standard InChI is InChI=1S/C19H15BrN6O2/c1-26-15-8-7-13(20)9-14(15)16-17(26)22-19(25-23-16)24-21-10-11-3-5-12(6-4-11)18(27)28-2/h3-10H,1-2H3,(H,22,24,25)/b21-10+. The number of ether oxygens (including phenoxy) is 1. The van der Waals surface area contributed by atoms with Crippen LogP contribution in [-0.4, -0.2) is 39.0 Å². The van der Waals surface area contributed by atoms with Crippen LogP contribution in [-0.2, 0) is 11.8 Å². The maximum atomic E-state index is 11.4. The zero-order valence-corrected chi connectivity index (χ0v) is 16.6. The maximum Gasteiger partial charge on any atom is 0.337 e. The van der Waals surface area contributed by atoms with Crippen molar-refractivity contribution in [1.29, 1.82) is 0 Å². The van der Waals surface area contributed by atoms with Crippen LogP contribution >= 0.6 is 15.9 Å². The predicted octanol–water partition coefficient (Wildman–Crippen LogP) is 3.51. The fourth-order valence-corrected chi connectivity index (χ4v) is 3.23. The van der Waals surface area contributed by atoms with E-state index in [1.807, 2.05) is 29.8 Å². The Morgan fingerprint density at radius 1 is 1.21 bits per heavy atom. The molecule has 0 amide bonds. The highest BCUT2D eigenvalue weighted by molar-refractivity contribution is 9.10. The van der Waals surface area contributed by atoms with Crippen molar-refractivity contribution in [3.05, 3.63) is 58.1 Å². The Morgan fingerprint density at radius 2 is 2.00 bits per heavy atom. The van der Waals surface area contributed by atoms with Crippen molar-refractivity contribution >= 4 is 56.1 Å². The molecule has 0 aliphatic rings. The van der Waals surface area contributed by atoms with Crippen molar-refractivity contribution in [1.82, 2.24) is 19.7 Å². The van der Waals surface area contributed by atoms with Gasteiger partial charge in [-0.05, 0) is 35.9 Å². The number of carbonyl (C=O) groups is 1. The molecule has 28 heavy (non-hydrogen) atoms. The van der Waals surface area contributed by atoms with E-state index in [0.717, 1.165) is 26.5 Å². The zero-order chi connectivity index (χ0) is 19.7. The summed E-state index contributed by atoms with van der Waals surface area (Å²) < 4.78 is 7.61. The molecule has 0 bridgehead atoms. The first-order valence-corrected chi connectivity index (χ1v) is 9.12. The highest BCUT2D eigenvalue weighted by atomic mass is 79.9. The van der Waals surface area contributed by atoms with Gasteiger partial charge in [0.05, 0.1) is 24.4 Å². The maximum absolute atomic E-state index is 11.4. The summed E-state index contributed by atoms with van der Waals surface area (Å²) in [5.41, 5.74) is 6.54. The van der Waals surface area contributed by atoms with Gasteiger partial charge in [0, 0.05) is 16.9 Å². The molecule has 1 N–H and O–H groups in total. The van der Waals surface area contributed by atoms with Crippen LogP contribution in [0.15, 0.2) is 52.0 Å². The number of hydrogen-bond donors (Lipinski definition) is 1. The summed E-state index contributed by atoms with van der Waals surface area (Å²) in [7, 11) is 3.28. The van der Waals surface area contributed by atoms with E-state index in [0.29, 0.717) is 17.2 Å². The quantitative estimate of drug-likeness (QED) is 0.297. The van der Waals surface area contributed by atoms with Crippen LogP contribution in [0.5, 0.6) is 0 Å². The van der Waals surface area contributed by atoms with Gasteiger partial charge in [0.1, 0.15) is 5.52 Å². The third kappa shape index (κ3) is 3.31. The molecule has 0 radical (unpaired) electrons. The lowest BCUT2D eigenvalue weighted by Gasteiger charge is -2.00. The van der Waals surface area contributed by atoms with E-state index in [9.17, 15) is 4.79 Å². The number of fused-ring (bicyclic) bond motifs is 3. The van der Waals surface area contributed by atoms with Crippen molar-refractivity contribution in [2.24, 2.45) is 12.1 Å². The summed E-state index contributed by atoms with van der Waals surface area (Å²) in [5.74, 6) is -0.0868. The van der Waals surface area contributed by atoms with Gasteiger partial charge in [0.15, 0.2) is 5.65 Å². The molecule has 0 saturated carbocycles. The van der Waals surface area contributed by atoms with Crippen LogP contribution in [0.25, 0.3) is 22.1 Å². The molecule has 2 aromatic heterocycles. The number of hydrazone groups is 1. The van der Waals surface area contributed by atoms with Gasteiger partial charge in [-0.1, -0.05) is 28.1 Å². The number of rotatable bonds is 4. The van der Waals surface area contributed by atoms with Crippen LogP contribution in [0.1, 0.15) is 15.9 Å². The van der Waals surface area contributed by atoms with Gasteiger partial charge in [-0.2, -0.15) is 10.1 Å². The van der Waals surface area contributed by atoms with Crippen LogP contribution in [0.4, 0.5) is 5.95 Å².